The van der Waals surface area contributed by atoms with Crippen molar-refractivity contribution in [3.05, 3.63) is 94.0 Å². The van der Waals surface area contributed by atoms with Crippen LogP contribution in [0.2, 0.25) is 0 Å². The number of hydrogen-bond acceptors (Lipinski definition) is 2. The summed E-state index contributed by atoms with van der Waals surface area (Å²) in [6.45, 7) is 4.28. The van der Waals surface area contributed by atoms with E-state index in [0.29, 0.717) is 0 Å². The molecular weight excluding hydrogens is 334 g/mol. The van der Waals surface area contributed by atoms with Crippen molar-refractivity contribution in [2.24, 2.45) is 0 Å². The molecule has 0 fully saturated rings. The van der Waals surface area contributed by atoms with Crippen molar-refractivity contribution in [3.8, 4) is 11.5 Å². The molecule has 1 spiro atoms. The molecule has 2 heterocycles. The molecule has 0 saturated carbocycles. The van der Waals surface area contributed by atoms with Gasteiger partial charge in [-0.2, -0.15) is 0 Å². The molecule has 3 heteroatoms. The zero-order valence-corrected chi connectivity index (χ0v) is 15.5. The monoisotopic (exact) mass is 355 g/mol. The van der Waals surface area contributed by atoms with Crippen molar-refractivity contribution in [1.29, 1.82) is 0 Å². The highest BCUT2D eigenvalue weighted by Crippen LogP contribution is 2.53. The maximum atomic E-state index is 12.9. The first-order valence-electron chi connectivity index (χ1n) is 9.54. The van der Waals surface area contributed by atoms with E-state index >= 15 is 0 Å². The summed E-state index contributed by atoms with van der Waals surface area (Å²) in [5.74, 6) is 1.58. The van der Waals surface area contributed by atoms with E-state index in [0.717, 1.165) is 46.6 Å². The van der Waals surface area contributed by atoms with Crippen LogP contribution in [0.15, 0.2) is 60.7 Å². The lowest BCUT2D eigenvalue weighted by atomic mass is 9.75. The predicted molar refractivity (Wildman–Crippen MR) is 106 cm³/mol. The smallest absolute Gasteiger partial charge is 0.252 e. The van der Waals surface area contributed by atoms with Gasteiger partial charge in [-0.1, -0.05) is 44.2 Å². The number of amides is 1. The average molecular weight is 355 g/mol. The summed E-state index contributed by atoms with van der Waals surface area (Å²) >= 11 is 0. The molecule has 1 amide bonds. The van der Waals surface area contributed by atoms with Crippen molar-refractivity contribution in [2.45, 2.75) is 32.2 Å². The summed E-state index contributed by atoms with van der Waals surface area (Å²) < 4.78 is 6.26. The minimum atomic E-state index is -0.701. The standard InChI is InChI=1S/C24H21NO2/c1-3-15-9-11-21-19(13-15)24(18-8-6-5-7-17(18)23(26)25-24)20-14-16(4-2)10-12-22(20)27-21/h5-14H,3-4H2,1-2H3,(H,25,26). The van der Waals surface area contributed by atoms with E-state index in [2.05, 4.69) is 49.5 Å². The first-order chi connectivity index (χ1) is 13.2. The van der Waals surface area contributed by atoms with Crippen molar-refractivity contribution >= 4 is 5.91 Å². The number of nitrogens with one attached hydrogen (secondary N) is 1. The number of carbonyl (C=O) groups is 1. The van der Waals surface area contributed by atoms with E-state index in [9.17, 15) is 4.79 Å². The fourth-order valence-corrected chi connectivity index (χ4v) is 4.36. The summed E-state index contributed by atoms with van der Waals surface area (Å²) in [6.07, 6.45) is 1.86. The van der Waals surface area contributed by atoms with Crippen molar-refractivity contribution in [3.63, 3.8) is 0 Å². The number of benzene rings is 3. The zero-order chi connectivity index (χ0) is 18.6. The highest BCUT2D eigenvalue weighted by atomic mass is 16.5. The molecule has 134 valence electrons. The van der Waals surface area contributed by atoms with Gasteiger partial charge in [-0.3, -0.25) is 4.79 Å². The number of aryl methyl sites for hydroxylation is 2. The Labute approximate surface area is 159 Å². The first-order valence-corrected chi connectivity index (χ1v) is 9.54. The van der Waals surface area contributed by atoms with Crippen LogP contribution < -0.4 is 10.1 Å². The van der Waals surface area contributed by atoms with Crippen molar-refractivity contribution in [2.75, 3.05) is 0 Å². The zero-order valence-electron chi connectivity index (χ0n) is 15.5. The summed E-state index contributed by atoms with van der Waals surface area (Å²) in [7, 11) is 0. The molecule has 0 radical (unpaired) electrons. The number of ether oxygens (including phenoxy) is 1. The van der Waals surface area contributed by atoms with Gasteiger partial charge in [-0.15, -0.1) is 0 Å². The van der Waals surface area contributed by atoms with Gasteiger partial charge < -0.3 is 10.1 Å². The van der Waals surface area contributed by atoms with E-state index in [1.165, 1.54) is 11.1 Å². The molecule has 3 aromatic rings. The fraction of sp³-hybridized carbons (Fsp3) is 0.208. The molecule has 0 saturated heterocycles. The van der Waals surface area contributed by atoms with Crippen LogP contribution in [0.3, 0.4) is 0 Å². The molecule has 2 aliphatic heterocycles. The molecular formula is C24H21NO2. The molecule has 3 nitrogen and oxygen atoms in total. The Morgan fingerprint density at radius 1 is 0.815 bits per heavy atom. The Morgan fingerprint density at radius 3 is 2.00 bits per heavy atom. The maximum Gasteiger partial charge on any atom is 0.252 e. The largest absolute Gasteiger partial charge is 0.457 e. The van der Waals surface area contributed by atoms with Gasteiger partial charge in [-0.25, -0.2) is 0 Å². The highest BCUT2D eigenvalue weighted by molar-refractivity contribution is 6.02. The fourth-order valence-electron chi connectivity index (χ4n) is 4.36. The first kappa shape index (κ1) is 16.1. The Bertz CT molecular complexity index is 1030. The van der Waals surface area contributed by atoms with E-state index in [-0.39, 0.29) is 5.91 Å². The molecule has 1 N–H and O–H groups in total. The number of hydrogen-bond donors (Lipinski definition) is 1. The van der Waals surface area contributed by atoms with Gasteiger partial charge in [-0.05, 0) is 59.9 Å². The second-order valence-corrected chi connectivity index (χ2v) is 7.22. The lowest BCUT2D eigenvalue weighted by molar-refractivity contribution is 0.0946. The van der Waals surface area contributed by atoms with Crippen LogP contribution in [0.1, 0.15) is 52.0 Å². The molecule has 27 heavy (non-hydrogen) atoms. The molecule has 2 aliphatic rings. The van der Waals surface area contributed by atoms with E-state index in [1.54, 1.807) is 0 Å². The Kier molecular flexibility index (Phi) is 3.41. The number of carbonyl (C=O) groups excluding carboxylic acids is 1. The third kappa shape index (κ3) is 2.11. The average Bonchev–Trinajstić information content (AvgIpc) is 3.01. The van der Waals surface area contributed by atoms with Crippen LogP contribution >= 0.6 is 0 Å². The normalized spacial score (nSPS) is 15.6. The molecule has 5 rings (SSSR count). The van der Waals surface area contributed by atoms with Crippen LogP contribution in [0, 0.1) is 0 Å². The quantitative estimate of drug-likeness (QED) is 0.706. The van der Waals surface area contributed by atoms with Gasteiger partial charge in [0.05, 0.1) is 0 Å². The Balaban J connectivity index is 1.89. The summed E-state index contributed by atoms with van der Waals surface area (Å²) in [5.41, 5.74) is 5.52. The number of rotatable bonds is 2. The van der Waals surface area contributed by atoms with Gasteiger partial charge in [0.15, 0.2) is 0 Å². The van der Waals surface area contributed by atoms with Gasteiger partial charge in [0.2, 0.25) is 0 Å². The predicted octanol–water partition coefficient (Wildman–Crippen LogP) is 4.95. The van der Waals surface area contributed by atoms with Crippen LogP contribution in [0.25, 0.3) is 0 Å². The maximum absolute atomic E-state index is 12.9. The van der Waals surface area contributed by atoms with Gasteiger partial charge >= 0.3 is 0 Å². The molecule has 0 aliphatic carbocycles. The SMILES string of the molecule is CCc1ccc2c(c1)C1(NC(=O)c3ccccc31)c1cc(CC)ccc1O2. The molecule has 0 atom stereocenters. The lowest BCUT2D eigenvalue weighted by Gasteiger charge is -2.38. The van der Waals surface area contributed by atoms with Gasteiger partial charge in [0.25, 0.3) is 5.91 Å². The minimum Gasteiger partial charge on any atom is -0.457 e. The van der Waals surface area contributed by atoms with Crippen LogP contribution in [0.5, 0.6) is 11.5 Å². The van der Waals surface area contributed by atoms with E-state index in [1.807, 2.05) is 30.3 Å². The van der Waals surface area contributed by atoms with Crippen molar-refractivity contribution in [1.82, 2.24) is 5.32 Å². The molecule has 0 bridgehead atoms. The van der Waals surface area contributed by atoms with Gasteiger partial charge in [0, 0.05) is 16.7 Å². The third-order valence-electron chi connectivity index (χ3n) is 5.81. The topological polar surface area (TPSA) is 38.3 Å². The second-order valence-electron chi connectivity index (χ2n) is 7.22. The van der Waals surface area contributed by atoms with Crippen LogP contribution in [-0.4, -0.2) is 5.91 Å². The van der Waals surface area contributed by atoms with Crippen molar-refractivity contribution < 1.29 is 9.53 Å². The second kappa shape index (κ2) is 5.71. The highest BCUT2D eigenvalue weighted by Gasteiger charge is 2.50. The summed E-state index contributed by atoms with van der Waals surface area (Å²) in [4.78, 5) is 12.9. The molecule has 3 aromatic carbocycles. The van der Waals surface area contributed by atoms with Gasteiger partial charge in [0.1, 0.15) is 17.0 Å². The Hall–Kier alpha value is -3.07. The molecule has 0 aromatic heterocycles. The Morgan fingerprint density at radius 2 is 1.41 bits per heavy atom. The summed E-state index contributed by atoms with van der Waals surface area (Å²) in [5, 5.41) is 3.33. The minimum absolute atomic E-state index is 0.0341. The lowest BCUT2D eigenvalue weighted by Crippen LogP contribution is -2.43. The summed E-state index contributed by atoms with van der Waals surface area (Å²) in [6, 6.07) is 20.5. The van der Waals surface area contributed by atoms with Crippen LogP contribution in [-0.2, 0) is 18.4 Å². The molecule has 0 unspecified atom stereocenters. The third-order valence-corrected chi connectivity index (χ3v) is 5.81. The van der Waals surface area contributed by atoms with E-state index < -0.39 is 5.54 Å². The van der Waals surface area contributed by atoms with E-state index in [4.69, 9.17) is 4.74 Å². The van der Waals surface area contributed by atoms with Crippen LogP contribution in [0.4, 0.5) is 0 Å². The number of fused-ring (bicyclic) bond motifs is 6.